The first-order valence-electron chi connectivity index (χ1n) is 9.41. The summed E-state index contributed by atoms with van der Waals surface area (Å²) < 4.78 is 7.77. The Hall–Kier alpha value is -2.80. The van der Waals surface area contributed by atoms with Crippen molar-refractivity contribution in [3.8, 4) is 5.75 Å². The van der Waals surface area contributed by atoms with Crippen LogP contribution in [0.5, 0.6) is 5.75 Å². The number of hydrogen-bond acceptors (Lipinski definition) is 5. The Bertz CT molecular complexity index is 1010. The Morgan fingerprint density at radius 1 is 1.03 bits per heavy atom. The lowest BCUT2D eigenvalue weighted by Crippen LogP contribution is -2.14. The molecule has 152 valence electrons. The number of hydrogen-bond donors (Lipinski definition) is 1. The fourth-order valence-corrected chi connectivity index (χ4v) is 3.71. The number of amides is 1. The van der Waals surface area contributed by atoms with E-state index in [-0.39, 0.29) is 11.7 Å². The van der Waals surface area contributed by atoms with Crippen molar-refractivity contribution in [3.05, 3.63) is 64.5 Å². The van der Waals surface area contributed by atoms with Crippen LogP contribution in [-0.2, 0) is 18.4 Å². The highest BCUT2D eigenvalue weighted by molar-refractivity contribution is 7.99. The van der Waals surface area contributed by atoms with E-state index in [0.717, 1.165) is 33.7 Å². The molecule has 0 fully saturated rings. The molecule has 3 rings (SSSR count). The topological polar surface area (TPSA) is 69.0 Å². The van der Waals surface area contributed by atoms with Gasteiger partial charge in [0.1, 0.15) is 12.4 Å². The lowest BCUT2D eigenvalue weighted by molar-refractivity contribution is -0.113. The number of ether oxygens (including phenoxy) is 1. The highest BCUT2D eigenvalue weighted by Gasteiger charge is 2.13. The van der Waals surface area contributed by atoms with Crippen LogP contribution in [0.4, 0.5) is 5.69 Å². The lowest BCUT2D eigenvalue weighted by Gasteiger charge is -2.10. The smallest absolute Gasteiger partial charge is 0.234 e. The van der Waals surface area contributed by atoms with Gasteiger partial charge in [-0.05, 0) is 68.1 Å². The lowest BCUT2D eigenvalue weighted by atomic mass is 10.1. The quantitative estimate of drug-likeness (QED) is 0.586. The molecule has 1 amide bonds. The average Bonchev–Trinajstić information content (AvgIpc) is 2.99. The summed E-state index contributed by atoms with van der Waals surface area (Å²) in [6, 6.07) is 12.1. The van der Waals surface area contributed by atoms with Gasteiger partial charge in [-0.1, -0.05) is 30.0 Å². The van der Waals surface area contributed by atoms with E-state index in [9.17, 15) is 4.79 Å². The Balaban J connectivity index is 1.56. The van der Waals surface area contributed by atoms with Crippen molar-refractivity contribution in [3.63, 3.8) is 0 Å². The SMILES string of the molecule is Cc1cc(C)cc(NC(=O)CSc2nnc(COc3cc(C)ccc3C)n2C)c1. The van der Waals surface area contributed by atoms with Crippen LogP contribution >= 0.6 is 11.8 Å². The largest absolute Gasteiger partial charge is 0.485 e. The molecule has 0 aliphatic heterocycles. The first kappa shape index (κ1) is 20.9. The second kappa shape index (κ2) is 9.13. The first-order chi connectivity index (χ1) is 13.8. The van der Waals surface area contributed by atoms with Gasteiger partial charge in [0.2, 0.25) is 5.91 Å². The van der Waals surface area contributed by atoms with E-state index in [4.69, 9.17) is 4.74 Å². The third-order valence-corrected chi connectivity index (χ3v) is 5.48. The van der Waals surface area contributed by atoms with Gasteiger partial charge in [0.05, 0.1) is 5.75 Å². The molecule has 0 atom stereocenters. The monoisotopic (exact) mass is 410 g/mol. The minimum Gasteiger partial charge on any atom is -0.485 e. The molecule has 0 spiro atoms. The van der Waals surface area contributed by atoms with E-state index >= 15 is 0 Å². The van der Waals surface area contributed by atoms with Crippen molar-refractivity contribution in [1.29, 1.82) is 0 Å². The van der Waals surface area contributed by atoms with Crippen LogP contribution in [0.15, 0.2) is 41.6 Å². The molecule has 29 heavy (non-hydrogen) atoms. The predicted molar refractivity (Wildman–Crippen MR) is 117 cm³/mol. The minimum absolute atomic E-state index is 0.0730. The molecule has 1 N–H and O–H groups in total. The standard InChI is InChI=1S/C22H26N4O2S/c1-14-6-7-17(4)19(11-14)28-12-20-24-25-22(26(20)5)29-13-21(27)23-18-9-15(2)8-16(3)10-18/h6-11H,12-13H2,1-5H3,(H,23,27). The Morgan fingerprint density at radius 3 is 2.48 bits per heavy atom. The second-order valence-electron chi connectivity index (χ2n) is 7.23. The van der Waals surface area contributed by atoms with E-state index in [1.807, 2.05) is 63.6 Å². The number of thioether (sulfide) groups is 1. The number of carbonyl (C=O) groups is 1. The highest BCUT2D eigenvalue weighted by Crippen LogP contribution is 2.22. The fraction of sp³-hybridized carbons (Fsp3) is 0.318. The van der Waals surface area contributed by atoms with E-state index < -0.39 is 0 Å². The van der Waals surface area contributed by atoms with E-state index in [0.29, 0.717) is 17.6 Å². The molecule has 0 radical (unpaired) electrons. The number of carbonyl (C=O) groups excluding carboxylic acids is 1. The summed E-state index contributed by atoms with van der Waals surface area (Å²) in [5, 5.41) is 12.0. The average molecular weight is 411 g/mol. The molecule has 7 heteroatoms. The van der Waals surface area contributed by atoms with Crippen LogP contribution in [0.2, 0.25) is 0 Å². The summed E-state index contributed by atoms with van der Waals surface area (Å²) in [4.78, 5) is 12.3. The van der Waals surface area contributed by atoms with Gasteiger partial charge >= 0.3 is 0 Å². The van der Waals surface area contributed by atoms with Gasteiger partial charge in [-0.3, -0.25) is 4.79 Å². The molecule has 1 aromatic heterocycles. The van der Waals surface area contributed by atoms with Crippen molar-refractivity contribution in [2.45, 2.75) is 39.5 Å². The summed E-state index contributed by atoms with van der Waals surface area (Å²) in [6.45, 7) is 8.40. The van der Waals surface area contributed by atoms with Gasteiger partial charge in [0.15, 0.2) is 11.0 Å². The normalized spacial score (nSPS) is 10.8. The van der Waals surface area contributed by atoms with Gasteiger partial charge < -0.3 is 14.6 Å². The van der Waals surface area contributed by atoms with Gasteiger partial charge in [0, 0.05) is 12.7 Å². The molecule has 0 unspecified atom stereocenters. The molecule has 0 saturated carbocycles. The van der Waals surface area contributed by atoms with Gasteiger partial charge in [-0.15, -0.1) is 10.2 Å². The van der Waals surface area contributed by atoms with Gasteiger partial charge in [-0.2, -0.15) is 0 Å². The van der Waals surface area contributed by atoms with Crippen LogP contribution in [0, 0.1) is 27.7 Å². The van der Waals surface area contributed by atoms with Crippen LogP contribution in [0.25, 0.3) is 0 Å². The van der Waals surface area contributed by atoms with Crippen molar-refractivity contribution >= 4 is 23.4 Å². The molecule has 0 bridgehead atoms. The number of aromatic nitrogens is 3. The number of benzene rings is 2. The molecular formula is C22H26N4O2S. The molecule has 0 aliphatic rings. The third-order valence-electron chi connectivity index (χ3n) is 4.46. The molecular weight excluding hydrogens is 384 g/mol. The minimum atomic E-state index is -0.0730. The van der Waals surface area contributed by atoms with Crippen LogP contribution in [0.3, 0.4) is 0 Å². The Morgan fingerprint density at radius 2 is 1.76 bits per heavy atom. The van der Waals surface area contributed by atoms with Gasteiger partial charge in [-0.25, -0.2) is 0 Å². The Kier molecular flexibility index (Phi) is 6.59. The van der Waals surface area contributed by atoms with Crippen molar-refractivity contribution in [2.24, 2.45) is 7.05 Å². The first-order valence-corrected chi connectivity index (χ1v) is 10.4. The van der Waals surface area contributed by atoms with E-state index in [1.54, 1.807) is 0 Å². The van der Waals surface area contributed by atoms with Crippen LogP contribution in [-0.4, -0.2) is 26.4 Å². The second-order valence-corrected chi connectivity index (χ2v) is 8.17. The zero-order valence-corrected chi connectivity index (χ0v) is 18.3. The zero-order valence-electron chi connectivity index (χ0n) is 17.4. The van der Waals surface area contributed by atoms with Crippen LogP contribution in [0.1, 0.15) is 28.1 Å². The summed E-state index contributed by atoms with van der Waals surface area (Å²) in [7, 11) is 1.88. The van der Waals surface area contributed by atoms with Gasteiger partial charge in [0.25, 0.3) is 0 Å². The zero-order chi connectivity index (χ0) is 21.0. The summed E-state index contributed by atoms with van der Waals surface area (Å²) in [5.74, 6) is 1.74. The Labute approximate surface area is 175 Å². The summed E-state index contributed by atoms with van der Waals surface area (Å²) >= 11 is 1.35. The van der Waals surface area contributed by atoms with E-state index in [1.165, 1.54) is 11.8 Å². The highest BCUT2D eigenvalue weighted by atomic mass is 32.2. The van der Waals surface area contributed by atoms with Crippen molar-refractivity contribution in [2.75, 3.05) is 11.1 Å². The predicted octanol–water partition coefficient (Wildman–Crippen LogP) is 4.36. The number of nitrogens with one attached hydrogen (secondary N) is 1. The van der Waals surface area contributed by atoms with Crippen molar-refractivity contribution < 1.29 is 9.53 Å². The van der Waals surface area contributed by atoms with Crippen molar-refractivity contribution in [1.82, 2.24) is 14.8 Å². The number of aryl methyl sites for hydroxylation is 4. The fourth-order valence-electron chi connectivity index (χ4n) is 2.98. The summed E-state index contributed by atoms with van der Waals surface area (Å²) in [6.07, 6.45) is 0. The van der Waals surface area contributed by atoms with Crippen LogP contribution < -0.4 is 10.1 Å². The molecule has 1 heterocycles. The summed E-state index contributed by atoms with van der Waals surface area (Å²) in [5.41, 5.74) is 5.28. The maximum atomic E-state index is 12.3. The molecule has 6 nitrogen and oxygen atoms in total. The number of nitrogens with zero attached hydrogens (tertiary/aromatic N) is 3. The maximum absolute atomic E-state index is 12.3. The number of rotatable bonds is 7. The third kappa shape index (κ3) is 5.60. The maximum Gasteiger partial charge on any atom is 0.234 e. The molecule has 0 aliphatic carbocycles. The van der Waals surface area contributed by atoms with E-state index in [2.05, 4.69) is 27.6 Å². The molecule has 2 aromatic carbocycles. The molecule has 3 aromatic rings. The number of anilines is 1. The molecule has 0 saturated heterocycles.